The number of nitrogens with one attached hydrogen (secondary N) is 1. The van der Waals surface area contributed by atoms with Crippen molar-refractivity contribution in [3.63, 3.8) is 0 Å². The molecule has 0 saturated carbocycles. The lowest BCUT2D eigenvalue weighted by Gasteiger charge is -2.39. The predicted octanol–water partition coefficient (Wildman–Crippen LogP) is 2.50. The lowest BCUT2D eigenvalue weighted by molar-refractivity contribution is 0.138. The van der Waals surface area contributed by atoms with Crippen LogP contribution in [0.15, 0.2) is 30.3 Å². The normalized spacial score (nSPS) is 26.4. The lowest BCUT2D eigenvalue weighted by atomic mass is 9.99. The molecule has 94 valence electrons. The summed E-state index contributed by atoms with van der Waals surface area (Å²) in [5.41, 5.74) is 1.42. The molecule has 1 aromatic rings. The molecule has 0 spiro atoms. The van der Waals surface area contributed by atoms with E-state index in [-0.39, 0.29) is 0 Å². The number of benzene rings is 1. The minimum Gasteiger partial charge on any atom is -0.309 e. The maximum absolute atomic E-state index is 3.69. The smallest absolute Gasteiger partial charge is 0.0235 e. The minimum atomic E-state index is 0.597. The molecule has 1 saturated heterocycles. The average Bonchev–Trinajstić information content (AvgIpc) is 2.29. The number of hydrogen-bond donors (Lipinski definition) is 1. The van der Waals surface area contributed by atoms with E-state index in [0.717, 1.165) is 19.6 Å². The molecule has 1 aromatic carbocycles. The fourth-order valence-electron chi connectivity index (χ4n) is 2.58. The van der Waals surface area contributed by atoms with Crippen molar-refractivity contribution in [2.75, 3.05) is 13.1 Å². The lowest BCUT2D eigenvalue weighted by Crippen LogP contribution is -2.56. The molecule has 1 aliphatic rings. The van der Waals surface area contributed by atoms with Gasteiger partial charge in [0.15, 0.2) is 0 Å². The van der Waals surface area contributed by atoms with Gasteiger partial charge in [-0.1, -0.05) is 44.2 Å². The summed E-state index contributed by atoms with van der Waals surface area (Å²) in [6, 6.07) is 12.0. The summed E-state index contributed by atoms with van der Waals surface area (Å²) in [5.74, 6) is 0.705. The van der Waals surface area contributed by atoms with Gasteiger partial charge in [0.1, 0.15) is 0 Å². The van der Waals surface area contributed by atoms with Crippen molar-refractivity contribution in [1.82, 2.24) is 10.2 Å². The van der Waals surface area contributed by atoms with Gasteiger partial charge in [-0.2, -0.15) is 0 Å². The van der Waals surface area contributed by atoms with Crippen LogP contribution >= 0.6 is 0 Å². The quantitative estimate of drug-likeness (QED) is 0.861. The van der Waals surface area contributed by atoms with Gasteiger partial charge in [-0.05, 0) is 18.4 Å². The standard InChI is InChI=1S/C15H24N2/c1-12(2)15-11-17(9-13(3)16-15)10-14-7-5-4-6-8-14/h4-8,12-13,15-16H,9-11H2,1-3H3/t13-,15+/m0/s1. The van der Waals surface area contributed by atoms with Crippen LogP contribution in [0.2, 0.25) is 0 Å². The second-order valence-corrected chi connectivity index (χ2v) is 5.60. The van der Waals surface area contributed by atoms with Crippen LogP contribution in [0.4, 0.5) is 0 Å². The molecule has 0 aromatic heterocycles. The van der Waals surface area contributed by atoms with Gasteiger partial charge in [-0.3, -0.25) is 4.90 Å². The van der Waals surface area contributed by atoms with Crippen LogP contribution in [0, 0.1) is 5.92 Å². The second-order valence-electron chi connectivity index (χ2n) is 5.60. The third-order valence-corrected chi connectivity index (χ3v) is 3.54. The topological polar surface area (TPSA) is 15.3 Å². The molecule has 1 fully saturated rings. The highest BCUT2D eigenvalue weighted by Crippen LogP contribution is 2.14. The molecule has 2 atom stereocenters. The van der Waals surface area contributed by atoms with E-state index >= 15 is 0 Å². The first kappa shape index (κ1) is 12.6. The van der Waals surface area contributed by atoms with Gasteiger partial charge in [-0.15, -0.1) is 0 Å². The zero-order valence-electron chi connectivity index (χ0n) is 11.2. The summed E-state index contributed by atoms with van der Waals surface area (Å²) < 4.78 is 0. The molecule has 2 nitrogen and oxygen atoms in total. The molecule has 0 radical (unpaired) electrons. The first-order valence-corrected chi connectivity index (χ1v) is 6.67. The van der Waals surface area contributed by atoms with Crippen molar-refractivity contribution >= 4 is 0 Å². The van der Waals surface area contributed by atoms with Crippen LogP contribution in [0.3, 0.4) is 0 Å². The van der Waals surface area contributed by atoms with Gasteiger partial charge in [0, 0.05) is 31.7 Å². The van der Waals surface area contributed by atoms with Crippen LogP contribution in [0.1, 0.15) is 26.3 Å². The predicted molar refractivity (Wildman–Crippen MR) is 72.9 cm³/mol. The zero-order valence-corrected chi connectivity index (χ0v) is 11.2. The van der Waals surface area contributed by atoms with Crippen molar-refractivity contribution in [2.45, 2.75) is 39.4 Å². The van der Waals surface area contributed by atoms with E-state index < -0.39 is 0 Å². The number of nitrogens with zero attached hydrogens (tertiary/aromatic N) is 1. The summed E-state index contributed by atoms with van der Waals surface area (Å²) in [6.07, 6.45) is 0. The molecule has 0 bridgehead atoms. The van der Waals surface area contributed by atoms with Crippen molar-refractivity contribution in [3.8, 4) is 0 Å². The van der Waals surface area contributed by atoms with E-state index in [2.05, 4.69) is 61.3 Å². The summed E-state index contributed by atoms with van der Waals surface area (Å²) in [5, 5.41) is 3.69. The number of hydrogen-bond acceptors (Lipinski definition) is 2. The molecule has 0 unspecified atom stereocenters. The first-order valence-electron chi connectivity index (χ1n) is 6.67. The number of rotatable bonds is 3. The SMILES string of the molecule is CC(C)[C@H]1CN(Cc2ccccc2)C[C@H](C)N1. The van der Waals surface area contributed by atoms with Gasteiger partial charge < -0.3 is 5.32 Å². The summed E-state index contributed by atoms with van der Waals surface area (Å²) in [4.78, 5) is 2.57. The Morgan fingerprint density at radius 3 is 2.59 bits per heavy atom. The first-order chi connectivity index (χ1) is 8.15. The van der Waals surface area contributed by atoms with Crippen LogP contribution in [0.5, 0.6) is 0 Å². The highest BCUT2D eigenvalue weighted by molar-refractivity contribution is 5.14. The van der Waals surface area contributed by atoms with Gasteiger partial charge >= 0.3 is 0 Å². The van der Waals surface area contributed by atoms with Crippen molar-refractivity contribution in [1.29, 1.82) is 0 Å². The highest BCUT2D eigenvalue weighted by Gasteiger charge is 2.25. The van der Waals surface area contributed by atoms with Crippen LogP contribution < -0.4 is 5.32 Å². The molecule has 2 heteroatoms. The van der Waals surface area contributed by atoms with Crippen molar-refractivity contribution in [2.24, 2.45) is 5.92 Å². The highest BCUT2D eigenvalue weighted by atomic mass is 15.2. The molecule has 2 rings (SSSR count). The Balaban J connectivity index is 1.96. The van der Waals surface area contributed by atoms with E-state index in [1.165, 1.54) is 5.56 Å². The van der Waals surface area contributed by atoms with Crippen LogP contribution in [0.25, 0.3) is 0 Å². The fraction of sp³-hybridized carbons (Fsp3) is 0.600. The van der Waals surface area contributed by atoms with Crippen molar-refractivity contribution < 1.29 is 0 Å². The Kier molecular flexibility index (Phi) is 4.19. The Morgan fingerprint density at radius 1 is 1.24 bits per heavy atom. The molecule has 1 aliphatic heterocycles. The Morgan fingerprint density at radius 2 is 1.94 bits per heavy atom. The Labute approximate surface area is 105 Å². The Bertz CT molecular complexity index is 334. The van der Waals surface area contributed by atoms with Crippen molar-refractivity contribution in [3.05, 3.63) is 35.9 Å². The molecular formula is C15H24N2. The third-order valence-electron chi connectivity index (χ3n) is 3.54. The third kappa shape index (κ3) is 3.55. The second kappa shape index (κ2) is 5.65. The summed E-state index contributed by atoms with van der Waals surface area (Å²) >= 11 is 0. The summed E-state index contributed by atoms with van der Waals surface area (Å²) in [7, 11) is 0. The molecule has 0 aliphatic carbocycles. The maximum Gasteiger partial charge on any atom is 0.0235 e. The molecule has 1 heterocycles. The molecule has 17 heavy (non-hydrogen) atoms. The monoisotopic (exact) mass is 232 g/mol. The fourth-order valence-corrected chi connectivity index (χ4v) is 2.58. The van der Waals surface area contributed by atoms with E-state index in [1.54, 1.807) is 0 Å². The average molecular weight is 232 g/mol. The zero-order chi connectivity index (χ0) is 12.3. The van der Waals surface area contributed by atoms with Gasteiger partial charge in [0.05, 0.1) is 0 Å². The minimum absolute atomic E-state index is 0.597. The molecule has 1 N–H and O–H groups in total. The largest absolute Gasteiger partial charge is 0.309 e. The van der Waals surface area contributed by atoms with E-state index in [9.17, 15) is 0 Å². The van der Waals surface area contributed by atoms with Gasteiger partial charge in [-0.25, -0.2) is 0 Å². The van der Waals surface area contributed by atoms with Gasteiger partial charge in [0.2, 0.25) is 0 Å². The summed E-state index contributed by atoms with van der Waals surface area (Å²) in [6.45, 7) is 10.3. The molecular weight excluding hydrogens is 208 g/mol. The van der Waals surface area contributed by atoms with E-state index in [4.69, 9.17) is 0 Å². The van der Waals surface area contributed by atoms with E-state index in [1.807, 2.05) is 0 Å². The van der Waals surface area contributed by atoms with Crippen LogP contribution in [-0.4, -0.2) is 30.1 Å². The van der Waals surface area contributed by atoms with E-state index in [0.29, 0.717) is 18.0 Å². The van der Waals surface area contributed by atoms with Crippen LogP contribution in [-0.2, 0) is 6.54 Å². The van der Waals surface area contributed by atoms with Gasteiger partial charge in [0.25, 0.3) is 0 Å². The Hall–Kier alpha value is -0.860. The molecule has 0 amide bonds. The maximum atomic E-state index is 3.69. The number of piperazine rings is 1.